The van der Waals surface area contributed by atoms with E-state index >= 15 is 0 Å². The largest absolute Gasteiger partial charge is 0.480 e. The summed E-state index contributed by atoms with van der Waals surface area (Å²) >= 11 is 1.64. The summed E-state index contributed by atoms with van der Waals surface area (Å²) in [6.45, 7) is 0.393. The zero-order valence-corrected chi connectivity index (χ0v) is 22.7. The average molecular weight is 584 g/mol. The lowest BCUT2D eigenvalue weighted by Gasteiger charge is -2.17. The molecule has 0 aromatic heterocycles. The molecule has 5 amide bonds. The van der Waals surface area contributed by atoms with Crippen molar-refractivity contribution in [1.29, 1.82) is 5.39 Å². The third-order valence-corrected chi connectivity index (χ3v) is 8.07. The number of amides is 5. The van der Waals surface area contributed by atoms with Gasteiger partial charge in [0.25, 0.3) is 5.91 Å². The Morgan fingerprint density at radius 1 is 1.13 bits per heavy atom. The van der Waals surface area contributed by atoms with Crippen LogP contribution in [0.5, 0.6) is 0 Å². The number of thioether (sulfide) groups is 1. The Hall–Kier alpha value is -3.57. The molecule has 2 heterocycles. The summed E-state index contributed by atoms with van der Waals surface area (Å²) < 4.78 is 0. The third kappa shape index (κ3) is 8.72. The van der Waals surface area contributed by atoms with Gasteiger partial charge in [-0.05, 0) is 44.2 Å². The lowest BCUT2D eigenvalue weighted by atomic mass is 10.0. The predicted octanol–water partition coefficient (Wildman–Crippen LogP) is 3.18. The highest BCUT2D eigenvalue weighted by molar-refractivity contribution is 8.00. The number of diazo groups is 1. The lowest BCUT2D eigenvalue weighted by Crippen LogP contribution is -2.40. The van der Waals surface area contributed by atoms with Gasteiger partial charge >= 0.3 is 23.8 Å². The van der Waals surface area contributed by atoms with Gasteiger partial charge in [0.1, 0.15) is 6.04 Å². The van der Waals surface area contributed by atoms with E-state index in [1.807, 2.05) is 0 Å². The van der Waals surface area contributed by atoms with Crippen LogP contribution in [0, 0.1) is 5.39 Å². The number of rotatable bonds is 13. The molecule has 2 fully saturated rings. The van der Waals surface area contributed by atoms with Crippen molar-refractivity contribution < 1.29 is 34.2 Å². The molecule has 4 atom stereocenters. The highest BCUT2D eigenvalue weighted by atomic mass is 35.5. The standard InChI is InChI=1S/C24H30N6O7S.ClH/c25-29-15-10-8-14(9-11-15)21(32)27-16(22(33)34)5-3-4-12-26-19(31)7-2-1-6-18-20-17(13-38-18)30(24(36)37)23(35)28-20;/h8-11,16-18,20H,1-7,12-13H2,(H4-,26,27,28,31,32,33,34,35,36,37);1H/p+1/t16?,17-,18?,20-;/m0./s1. The van der Waals surface area contributed by atoms with Gasteiger partial charge in [-0.1, -0.05) is 6.42 Å². The van der Waals surface area contributed by atoms with E-state index in [2.05, 4.69) is 20.9 Å². The van der Waals surface area contributed by atoms with Crippen molar-refractivity contribution in [3.05, 3.63) is 34.8 Å². The first kappa shape index (κ1) is 31.6. The summed E-state index contributed by atoms with van der Waals surface area (Å²) in [4.78, 5) is 62.9. The van der Waals surface area contributed by atoms with Crippen LogP contribution in [-0.2, 0) is 9.59 Å². The molecule has 1 aromatic rings. The Kier molecular flexibility index (Phi) is 12.3. The maximum absolute atomic E-state index is 12.3. The fourth-order valence-electron chi connectivity index (χ4n) is 4.56. The highest BCUT2D eigenvalue weighted by Crippen LogP contribution is 2.37. The molecule has 212 valence electrons. The number of carbonyl (C=O) groups excluding carboxylic acids is 3. The van der Waals surface area contributed by atoms with Crippen LogP contribution >= 0.6 is 24.2 Å². The molecular formula is C24H32ClN6O7S+. The molecular weight excluding hydrogens is 552 g/mol. The number of imide groups is 1. The summed E-state index contributed by atoms with van der Waals surface area (Å²) in [5, 5.41) is 35.5. The van der Waals surface area contributed by atoms with E-state index in [0.717, 1.165) is 17.7 Å². The second-order valence-electron chi connectivity index (χ2n) is 9.17. The topological polar surface area (TPSA) is 193 Å². The van der Waals surface area contributed by atoms with Crippen LogP contribution in [0.2, 0.25) is 0 Å². The fourth-order valence-corrected chi connectivity index (χ4v) is 6.15. The molecule has 3 rings (SSSR count). The van der Waals surface area contributed by atoms with Crippen LogP contribution in [0.1, 0.15) is 55.3 Å². The summed E-state index contributed by atoms with van der Waals surface area (Å²) in [5.74, 6) is -1.23. The maximum atomic E-state index is 12.3. The Balaban J connectivity index is 0.00000533. The quantitative estimate of drug-likeness (QED) is 0.132. The van der Waals surface area contributed by atoms with Crippen LogP contribution in [0.25, 0.3) is 4.98 Å². The first-order valence-electron chi connectivity index (χ1n) is 12.4. The molecule has 2 saturated heterocycles. The van der Waals surface area contributed by atoms with Crippen molar-refractivity contribution in [3.8, 4) is 0 Å². The summed E-state index contributed by atoms with van der Waals surface area (Å²) in [6.07, 6.45) is 2.56. The molecule has 39 heavy (non-hydrogen) atoms. The van der Waals surface area contributed by atoms with Gasteiger partial charge in [-0.3, -0.25) is 9.59 Å². The van der Waals surface area contributed by atoms with E-state index in [0.29, 0.717) is 38.0 Å². The number of fused-ring (bicyclic) bond motifs is 1. The maximum Gasteiger partial charge on any atom is 0.415 e. The highest BCUT2D eigenvalue weighted by Gasteiger charge is 2.50. The molecule has 0 aliphatic carbocycles. The summed E-state index contributed by atoms with van der Waals surface area (Å²) in [5.41, 5.74) is 0.523. The van der Waals surface area contributed by atoms with Gasteiger partial charge in [-0.25, -0.2) is 19.3 Å². The number of nitrogens with one attached hydrogen (secondary N) is 3. The number of hydrogen-bond donors (Lipinski definition) is 5. The number of halogens is 1. The Morgan fingerprint density at radius 2 is 1.85 bits per heavy atom. The molecule has 0 radical (unpaired) electrons. The minimum atomic E-state index is -1.24. The normalized spacial score (nSPS) is 20.1. The molecule has 15 heteroatoms. The van der Waals surface area contributed by atoms with E-state index in [9.17, 15) is 34.2 Å². The van der Waals surface area contributed by atoms with Crippen LogP contribution in [-0.4, -0.2) is 80.7 Å². The van der Waals surface area contributed by atoms with Gasteiger partial charge in [-0.15, -0.1) is 12.4 Å². The molecule has 2 aliphatic rings. The van der Waals surface area contributed by atoms with Gasteiger partial charge in [0.2, 0.25) is 11.3 Å². The number of unbranched alkanes of at least 4 members (excludes halogenated alkanes) is 2. The van der Waals surface area contributed by atoms with Crippen molar-refractivity contribution in [3.63, 3.8) is 0 Å². The third-order valence-electron chi connectivity index (χ3n) is 6.58. The van der Waals surface area contributed by atoms with Gasteiger partial charge in [0.15, 0.2) is 4.98 Å². The van der Waals surface area contributed by atoms with Gasteiger partial charge in [0, 0.05) is 41.7 Å². The van der Waals surface area contributed by atoms with Crippen molar-refractivity contribution in [1.82, 2.24) is 20.9 Å². The number of benzene rings is 1. The van der Waals surface area contributed by atoms with Gasteiger partial charge in [0.05, 0.1) is 12.1 Å². The molecule has 13 nitrogen and oxygen atoms in total. The van der Waals surface area contributed by atoms with E-state index < -0.39 is 30.0 Å². The minimum absolute atomic E-state index is 0. The smallest absolute Gasteiger partial charge is 0.415 e. The molecule has 1 aromatic carbocycles. The second-order valence-corrected chi connectivity index (χ2v) is 10.4. The van der Waals surface area contributed by atoms with Crippen molar-refractivity contribution in [2.45, 2.75) is 68.3 Å². The summed E-state index contributed by atoms with van der Waals surface area (Å²) in [6, 6.07) is 3.55. The van der Waals surface area contributed by atoms with E-state index in [1.165, 1.54) is 24.3 Å². The SMILES string of the molecule is Cl.N#[N+]c1ccc(C(=O)NC(CCCCNC(=O)CCCCC2SC[C@H]3[C@@H]2NC(=O)N3C(=O)O)C(=O)O)cc1. The molecule has 2 unspecified atom stereocenters. The molecule has 5 N–H and O–H groups in total. The number of carbonyl (C=O) groups is 5. The second kappa shape index (κ2) is 15.1. The van der Waals surface area contributed by atoms with E-state index in [-0.39, 0.29) is 53.3 Å². The zero-order chi connectivity index (χ0) is 27.7. The van der Waals surface area contributed by atoms with E-state index in [4.69, 9.17) is 5.39 Å². The fraction of sp³-hybridized carbons (Fsp3) is 0.542. The minimum Gasteiger partial charge on any atom is -0.480 e. The Labute approximate surface area is 235 Å². The molecule has 2 aliphatic heterocycles. The number of carboxylic acid groups (broad SMARTS) is 2. The number of hydrogen-bond acceptors (Lipinski definition) is 7. The Morgan fingerprint density at radius 3 is 2.49 bits per heavy atom. The van der Waals surface area contributed by atoms with Crippen LogP contribution < -0.4 is 16.0 Å². The van der Waals surface area contributed by atoms with Crippen molar-refractivity contribution >= 4 is 59.8 Å². The lowest BCUT2D eigenvalue weighted by molar-refractivity contribution is -0.139. The van der Waals surface area contributed by atoms with Crippen LogP contribution in [0.15, 0.2) is 24.3 Å². The number of aliphatic carboxylic acids is 1. The average Bonchev–Trinajstić information content (AvgIpc) is 3.42. The first-order chi connectivity index (χ1) is 18.2. The van der Waals surface area contributed by atoms with Crippen molar-refractivity contribution in [2.75, 3.05) is 12.3 Å². The molecule has 0 spiro atoms. The summed E-state index contributed by atoms with van der Waals surface area (Å²) in [7, 11) is 0. The number of carboxylic acids is 1. The van der Waals surface area contributed by atoms with Gasteiger partial charge in [-0.2, -0.15) is 11.8 Å². The molecule has 0 saturated carbocycles. The number of nitrogens with zero attached hydrogens (tertiary/aromatic N) is 3. The Bertz CT molecular complexity index is 1100. The van der Waals surface area contributed by atoms with Gasteiger partial charge < -0.3 is 26.2 Å². The van der Waals surface area contributed by atoms with Crippen LogP contribution in [0.4, 0.5) is 15.3 Å². The predicted molar refractivity (Wildman–Crippen MR) is 145 cm³/mol. The zero-order valence-electron chi connectivity index (χ0n) is 21.1. The van der Waals surface area contributed by atoms with E-state index in [1.54, 1.807) is 11.8 Å². The van der Waals surface area contributed by atoms with Crippen molar-refractivity contribution in [2.24, 2.45) is 0 Å². The monoisotopic (exact) mass is 583 g/mol. The number of urea groups is 1. The first-order valence-corrected chi connectivity index (χ1v) is 13.5. The molecule has 0 bridgehead atoms. The van der Waals surface area contributed by atoms with Crippen LogP contribution in [0.3, 0.4) is 0 Å².